The highest BCUT2D eigenvalue weighted by Gasteiger charge is 2.03. The summed E-state index contributed by atoms with van der Waals surface area (Å²) in [6.45, 7) is 1.03. The molecule has 3 aromatic rings. The van der Waals surface area contributed by atoms with E-state index >= 15 is 0 Å². The summed E-state index contributed by atoms with van der Waals surface area (Å²) in [6.07, 6.45) is 1.64. The summed E-state index contributed by atoms with van der Waals surface area (Å²) in [5.74, 6) is 0.957. The zero-order valence-electron chi connectivity index (χ0n) is 15.3. The zero-order chi connectivity index (χ0) is 19.8. The second-order valence-corrected chi connectivity index (χ2v) is 5.96. The summed E-state index contributed by atoms with van der Waals surface area (Å²) in [5.41, 5.74) is 1.89. The Labute approximate surface area is 162 Å². The number of benzene rings is 2. The lowest BCUT2D eigenvalue weighted by molar-refractivity contribution is 0.460. The van der Waals surface area contributed by atoms with Gasteiger partial charge in [0.2, 0.25) is 5.88 Å². The largest absolute Gasteiger partial charge is 0.439 e. The molecule has 0 aliphatic rings. The minimum Gasteiger partial charge on any atom is -0.439 e. The van der Waals surface area contributed by atoms with Crippen LogP contribution in [0.25, 0.3) is 0 Å². The van der Waals surface area contributed by atoms with Gasteiger partial charge in [-0.15, -0.1) is 0 Å². The van der Waals surface area contributed by atoms with Crippen molar-refractivity contribution in [3.05, 3.63) is 89.6 Å². The van der Waals surface area contributed by atoms with Crippen LogP contribution in [0.1, 0.15) is 11.1 Å². The van der Waals surface area contributed by atoms with Crippen molar-refractivity contribution < 1.29 is 13.5 Å². The molecule has 5 nitrogen and oxygen atoms in total. The van der Waals surface area contributed by atoms with Gasteiger partial charge >= 0.3 is 0 Å². The molecule has 0 bridgehead atoms. The first-order chi connectivity index (χ1) is 13.6. The third kappa shape index (κ3) is 5.77. The molecular formula is C21H20F2N4O. The average Bonchev–Trinajstić information content (AvgIpc) is 2.71. The molecule has 0 unspecified atom stereocenters. The van der Waals surface area contributed by atoms with Gasteiger partial charge in [0.1, 0.15) is 17.4 Å². The number of hydrogen-bond donors (Lipinski definition) is 2. The number of hydrogen-bond acceptors (Lipinski definition) is 3. The number of ether oxygens (including phenoxy) is 1. The van der Waals surface area contributed by atoms with Gasteiger partial charge in [0, 0.05) is 32.4 Å². The molecule has 0 radical (unpaired) electrons. The van der Waals surface area contributed by atoms with Crippen LogP contribution in [-0.4, -0.2) is 18.0 Å². The second-order valence-electron chi connectivity index (χ2n) is 5.96. The molecule has 0 atom stereocenters. The highest BCUT2D eigenvalue weighted by molar-refractivity contribution is 5.79. The van der Waals surface area contributed by atoms with Crippen LogP contribution < -0.4 is 15.4 Å². The molecule has 0 saturated heterocycles. The third-order valence-corrected chi connectivity index (χ3v) is 3.89. The predicted octanol–water partition coefficient (Wildman–Crippen LogP) is 4.02. The Morgan fingerprint density at radius 2 is 1.50 bits per heavy atom. The molecule has 0 amide bonds. The van der Waals surface area contributed by atoms with Crippen LogP contribution in [0.2, 0.25) is 0 Å². The van der Waals surface area contributed by atoms with Gasteiger partial charge in [-0.2, -0.15) is 0 Å². The van der Waals surface area contributed by atoms with Crippen molar-refractivity contribution in [3.8, 4) is 11.6 Å². The van der Waals surface area contributed by atoms with Gasteiger partial charge in [0.05, 0.1) is 0 Å². The SMILES string of the molecule is CN=C(NCc1ccc(F)cc1)NCc1ccnc(Oc2ccc(F)cc2)c1. The number of guanidine groups is 1. The maximum Gasteiger partial charge on any atom is 0.219 e. The van der Waals surface area contributed by atoms with Crippen molar-refractivity contribution in [2.75, 3.05) is 7.05 Å². The van der Waals surface area contributed by atoms with Crippen LogP contribution >= 0.6 is 0 Å². The molecular weight excluding hydrogens is 362 g/mol. The summed E-state index contributed by atoms with van der Waals surface area (Å²) >= 11 is 0. The highest BCUT2D eigenvalue weighted by Crippen LogP contribution is 2.20. The zero-order valence-corrected chi connectivity index (χ0v) is 15.3. The Bertz CT molecular complexity index is 928. The summed E-state index contributed by atoms with van der Waals surface area (Å²) in [7, 11) is 1.68. The van der Waals surface area contributed by atoms with Crippen LogP contribution in [-0.2, 0) is 13.1 Å². The summed E-state index contributed by atoms with van der Waals surface area (Å²) in [4.78, 5) is 8.34. The lowest BCUT2D eigenvalue weighted by atomic mass is 10.2. The molecule has 2 aromatic carbocycles. The number of halogens is 2. The van der Waals surface area contributed by atoms with E-state index < -0.39 is 0 Å². The van der Waals surface area contributed by atoms with Crippen LogP contribution in [0.4, 0.5) is 8.78 Å². The van der Waals surface area contributed by atoms with Crippen molar-refractivity contribution >= 4 is 5.96 Å². The fourth-order valence-electron chi connectivity index (χ4n) is 2.43. The van der Waals surface area contributed by atoms with Crippen LogP contribution in [0, 0.1) is 11.6 Å². The molecule has 0 aliphatic carbocycles. The fourth-order valence-corrected chi connectivity index (χ4v) is 2.43. The molecule has 0 aliphatic heterocycles. The van der Waals surface area contributed by atoms with Crippen molar-refractivity contribution in [3.63, 3.8) is 0 Å². The first-order valence-electron chi connectivity index (χ1n) is 8.70. The Hall–Kier alpha value is -3.48. The number of nitrogens with zero attached hydrogens (tertiary/aromatic N) is 2. The molecule has 1 heterocycles. The van der Waals surface area contributed by atoms with Gasteiger partial charge in [-0.3, -0.25) is 4.99 Å². The van der Waals surface area contributed by atoms with Gasteiger partial charge in [-0.25, -0.2) is 13.8 Å². The average molecular weight is 382 g/mol. The van der Waals surface area contributed by atoms with Gasteiger partial charge in [-0.1, -0.05) is 12.1 Å². The second kappa shape index (κ2) is 9.45. The minimum atomic E-state index is -0.322. The van der Waals surface area contributed by atoms with Crippen molar-refractivity contribution in [1.29, 1.82) is 0 Å². The number of aliphatic imine (C=N–C) groups is 1. The first-order valence-corrected chi connectivity index (χ1v) is 8.70. The number of rotatable bonds is 6. The Kier molecular flexibility index (Phi) is 6.51. The molecule has 28 heavy (non-hydrogen) atoms. The molecule has 0 saturated carbocycles. The van der Waals surface area contributed by atoms with Crippen molar-refractivity contribution in [2.45, 2.75) is 13.1 Å². The lowest BCUT2D eigenvalue weighted by Gasteiger charge is -2.12. The van der Waals surface area contributed by atoms with E-state index in [0.29, 0.717) is 30.7 Å². The molecule has 7 heteroatoms. The lowest BCUT2D eigenvalue weighted by Crippen LogP contribution is -2.36. The smallest absolute Gasteiger partial charge is 0.219 e. The summed E-state index contributed by atoms with van der Waals surface area (Å²) in [5, 5.41) is 6.37. The molecule has 3 rings (SSSR count). The molecule has 0 fully saturated rings. The van der Waals surface area contributed by atoms with E-state index in [1.54, 1.807) is 43.6 Å². The monoisotopic (exact) mass is 382 g/mol. The Balaban J connectivity index is 1.54. The van der Waals surface area contributed by atoms with Gasteiger partial charge in [0.15, 0.2) is 5.96 Å². The Morgan fingerprint density at radius 3 is 2.14 bits per heavy atom. The summed E-state index contributed by atoms with van der Waals surface area (Å²) in [6, 6.07) is 15.7. The van der Waals surface area contributed by atoms with Crippen LogP contribution in [0.5, 0.6) is 11.6 Å². The van der Waals surface area contributed by atoms with E-state index in [9.17, 15) is 8.78 Å². The van der Waals surface area contributed by atoms with E-state index in [1.807, 2.05) is 6.07 Å². The molecule has 144 valence electrons. The maximum absolute atomic E-state index is 13.0. The minimum absolute atomic E-state index is 0.261. The Morgan fingerprint density at radius 1 is 0.893 bits per heavy atom. The van der Waals surface area contributed by atoms with E-state index in [-0.39, 0.29) is 11.6 Å². The van der Waals surface area contributed by atoms with Gasteiger partial charge in [-0.05, 0) is 53.6 Å². The van der Waals surface area contributed by atoms with Crippen molar-refractivity contribution in [2.24, 2.45) is 4.99 Å². The van der Waals surface area contributed by atoms with Crippen molar-refractivity contribution in [1.82, 2.24) is 15.6 Å². The standard InChI is InChI=1S/C21H20F2N4O/c1-24-21(26-13-15-2-4-17(22)5-3-15)27-14-16-10-11-25-20(12-16)28-19-8-6-18(23)7-9-19/h2-12H,13-14H2,1H3,(H2,24,26,27). The third-order valence-electron chi connectivity index (χ3n) is 3.89. The van der Waals surface area contributed by atoms with E-state index in [0.717, 1.165) is 11.1 Å². The normalized spacial score (nSPS) is 11.2. The number of nitrogens with one attached hydrogen (secondary N) is 2. The number of pyridine rings is 1. The first kappa shape index (κ1) is 19.3. The predicted molar refractivity (Wildman–Crippen MR) is 104 cm³/mol. The van der Waals surface area contributed by atoms with E-state index in [1.165, 1.54) is 24.3 Å². The number of aromatic nitrogens is 1. The van der Waals surface area contributed by atoms with Gasteiger partial charge < -0.3 is 15.4 Å². The van der Waals surface area contributed by atoms with E-state index in [2.05, 4.69) is 20.6 Å². The maximum atomic E-state index is 13.0. The quantitative estimate of drug-likeness (QED) is 0.499. The fraction of sp³-hybridized carbons (Fsp3) is 0.143. The van der Waals surface area contributed by atoms with E-state index in [4.69, 9.17) is 4.74 Å². The molecule has 2 N–H and O–H groups in total. The van der Waals surface area contributed by atoms with Crippen LogP contribution in [0.3, 0.4) is 0 Å². The summed E-state index contributed by atoms with van der Waals surface area (Å²) < 4.78 is 31.6. The highest BCUT2D eigenvalue weighted by atomic mass is 19.1. The topological polar surface area (TPSA) is 58.5 Å². The van der Waals surface area contributed by atoms with Gasteiger partial charge in [0.25, 0.3) is 0 Å². The molecule has 1 aromatic heterocycles. The molecule has 0 spiro atoms. The van der Waals surface area contributed by atoms with Crippen LogP contribution in [0.15, 0.2) is 71.9 Å².